The van der Waals surface area contributed by atoms with Gasteiger partial charge < -0.3 is 16.8 Å². The van der Waals surface area contributed by atoms with Crippen LogP contribution in [-0.2, 0) is 16.0 Å². The summed E-state index contributed by atoms with van der Waals surface area (Å²) in [4.78, 5) is 30.7. The average Bonchev–Trinajstić information content (AvgIpc) is 3.32. The second kappa shape index (κ2) is 12.3. The van der Waals surface area contributed by atoms with Crippen LogP contribution < -0.4 is 21.7 Å². The van der Waals surface area contributed by atoms with E-state index in [0.29, 0.717) is 32.2 Å². The zero-order valence-corrected chi connectivity index (χ0v) is 17.4. The quantitative estimate of drug-likeness (QED) is 0.203. The molecule has 0 bridgehead atoms. The Labute approximate surface area is 179 Å². The van der Waals surface area contributed by atoms with Gasteiger partial charge in [0.1, 0.15) is 18.6 Å². The summed E-state index contributed by atoms with van der Waals surface area (Å²) in [6, 6.07) is 7.70. The number of halogens is 1. The molecular weight excluding hydrogens is 405 g/mol. The molecular formula is C19H28FN9O2. The van der Waals surface area contributed by atoms with Crippen LogP contribution in [0, 0.1) is 0 Å². The molecule has 2 rings (SSSR count). The van der Waals surface area contributed by atoms with Crippen molar-refractivity contribution in [2.24, 2.45) is 16.5 Å². The second-order valence-corrected chi connectivity index (χ2v) is 6.97. The summed E-state index contributed by atoms with van der Waals surface area (Å²) < 4.78 is 12.3. The van der Waals surface area contributed by atoms with Gasteiger partial charge in [-0.3, -0.25) is 19.5 Å². The van der Waals surface area contributed by atoms with E-state index in [1.165, 1.54) is 11.9 Å². The van der Waals surface area contributed by atoms with Crippen LogP contribution in [0.15, 0.2) is 35.3 Å². The number of benzene rings is 1. The molecule has 0 fully saturated rings. The van der Waals surface area contributed by atoms with Crippen LogP contribution in [0.25, 0.3) is 0 Å². The highest BCUT2D eigenvalue weighted by atomic mass is 19.1. The standard InChI is InChI=1S/C19H28FN9O2/c1-29(19-25-27-28-26-19)18(31)15(9-5-6-10-23-16(22)12-20)24-17(30)14(21)11-13-7-3-2-4-8-13/h2-4,7-8,14-15H,5-6,9-12,21H2,1H3,(H2,22,23)(H,24,30)(H,25,26,27,28). The van der Waals surface area contributed by atoms with E-state index in [4.69, 9.17) is 11.5 Å². The third kappa shape index (κ3) is 7.74. The Balaban J connectivity index is 1.99. The molecule has 1 aromatic heterocycles. The summed E-state index contributed by atoms with van der Waals surface area (Å²) in [5.41, 5.74) is 12.3. The first kappa shape index (κ1) is 23.9. The van der Waals surface area contributed by atoms with Gasteiger partial charge in [0.15, 0.2) is 0 Å². The number of amidine groups is 1. The monoisotopic (exact) mass is 433 g/mol. The number of alkyl halides is 1. The molecule has 0 spiro atoms. The first-order valence-corrected chi connectivity index (χ1v) is 9.88. The lowest BCUT2D eigenvalue weighted by molar-refractivity contribution is -0.128. The number of nitrogens with two attached hydrogens (primary N) is 2. The molecule has 0 saturated heterocycles. The highest BCUT2D eigenvalue weighted by Crippen LogP contribution is 2.10. The molecule has 1 heterocycles. The summed E-state index contributed by atoms with van der Waals surface area (Å²) >= 11 is 0. The number of anilines is 1. The number of carbonyl (C=O) groups is 2. The van der Waals surface area contributed by atoms with Crippen molar-refractivity contribution in [1.82, 2.24) is 25.9 Å². The molecule has 0 aliphatic carbocycles. The van der Waals surface area contributed by atoms with Gasteiger partial charge in [0.05, 0.1) is 6.04 Å². The number of amides is 2. The number of tetrazole rings is 1. The smallest absolute Gasteiger partial charge is 0.272 e. The summed E-state index contributed by atoms with van der Waals surface area (Å²) in [7, 11) is 1.49. The van der Waals surface area contributed by atoms with Gasteiger partial charge in [-0.2, -0.15) is 5.21 Å². The molecule has 0 saturated carbocycles. The lowest BCUT2D eigenvalue weighted by atomic mass is 10.0. The highest BCUT2D eigenvalue weighted by molar-refractivity contribution is 5.98. The Bertz CT molecular complexity index is 845. The third-order valence-electron chi connectivity index (χ3n) is 4.57. The highest BCUT2D eigenvalue weighted by Gasteiger charge is 2.28. The molecule has 11 nitrogen and oxygen atoms in total. The fourth-order valence-electron chi connectivity index (χ4n) is 2.85. The topological polar surface area (TPSA) is 168 Å². The minimum absolute atomic E-state index is 0.0651. The number of carbonyl (C=O) groups excluding carboxylic acids is 2. The van der Waals surface area contributed by atoms with E-state index in [-0.39, 0.29) is 11.8 Å². The molecule has 31 heavy (non-hydrogen) atoms. The van der Waals surface area contributed by atoms with E-state index < -0.39 is 30.6 Å². The van der Waals surface area contributed by atoms with Crippen LogP contribution in [0.3, 0.4) is 0 Å². The van der Waals surface area contributed by atoms with Crippen molar-refractivity contribution >= 4 is 23.6 Å². The molecule has 0 aliphatic heterocycles. The first-order valence-electron chi connectivity index (χ1n) is 9.88. The number of rotatable bonds is 12. The summed E-state index contributed by atoms with van der Waals surface area (Å²) in [5, 5.41) is 16.0. The van der Waals surface area contributed by atoms with Gasteiger partial charge in [0.25, 0.3) is 11.9 Å². The number of unbranched alkanes of at least 4 members (excludes halogenated alkanes) is 1. The van der Waals surface area contributed by atoms with Crippen LogP contribution in [0.4, 0.5) is 10.3 Å². The van der Waals surface area contributed by atoms with Crippen molar-refractivity contribution in [2.75, 3.05) is 25.2 Å². The number of hydrogen-bond donors (Lipinski definition) is 4. The fraction of sp³-hybridized carbons (Fsp3) is 0.474. The zero-order valence-electron chi connectivity index (χ0n) is 17.4. The maximum Gasteiger partial charge on any atom is 0.272 e. The van der Waals surface area contributed by atoms with E-state index in [1.54, 1.807) is 0 Å². The van der Waals surface area contributed by atoms with Crippen molar-refractivity contribution in [3.05, 3.63) is 35.9 Å². The SMILES string of the molecule is CN(C(=O)C(CCCCN=C(N)CF)NC(=O)C(N)Cc1ccccc1)c1nn[nH]n1. The number of aromatic amines is 1. The van der Waals surface area contributed by atoms with Crippen molar-refractivity contribution in [3.8, 4) is 0 Å². The van der Waals surface area contributed by atoms with Gasteiger partial charge in [0, 0.05) is 13.6 Å². The van der Waals surface area contributed by atoms with E-state index >= 15 is 0 Å². The lowest BCUT2D eigenvalue weighted by Gasteiger charge is -2.23. The molecule has 12 heteroatoms. The van der Waals surface area contributed by atoms with E-state index in [1.807, 2.05) is 30.3 Å². The van der Waals surface area contributed by atoms with E-state index in [0.717, 1.165) is 5.56 Å². The molecule has 0 aliphatic rings. The van der Waals surface area contributed by atoms with Crippen LogP contribution in [-0.4, -0.2) is 70.6 Å². The normalized spacial score (nSPS) is 13.5. The Kier molecular flexibility index (Phi) is 9.49. The summed E-state index contributed by atoms with van der Waals surface area (Å²) in [5.74, 6) is -0.834. The van der Waals surface area contributed by atoms with Crippen LogP contribution in [0.1, 0.15) is 24.8 Å². The molecule has 2 unspecified atom stereocenters. The zero-order chi connectivity index (χ0) is 22.6. The van der Waals surface area contributed by atoms with Gasteiger partial charge in [-0.25, -0.2) is 4.39 Å². The maximum atomic E-state index is 12.9. The van der Waals surface area contributed by atoms with Gasteiger partial charge in [-0.1, -0.05) is 35.4 Å². The number of aromatic nitrogens is 4. The van der Waals surface area contributed by atoms with Crippen molar-refractivity contribution in [2.45, 2.75) is 37.8 Å². The molecule has 168 valence electrons. The molecule has 2 aromatic rings. The molecule has 2 atom stereocenters. The van der Waals surface area contributed by atoms with Crippen LogP contribution >= 0.6 is 0 Å². The number of likely N-dealkylation sites (N-methyl/N-ethyl adjacent to an activating group) is 1. The van der Waals surface area contributed by atoms with E-state index in [2.05, 4.69) is 30.9 Å². The summed E-state index contributed by atoms with van der Waals surface area (Å²) in [6.07, 6.45) is 1.79. The number of aliphatic imine (C=N–C) groups is 1. The maximum absolute atomic E-state index is 12.9. The third-order valence-corrected chi connectivity index (χ3v) is 4.57. The molecule has 1 aromatic carbocycles. The van der Waals surface area contributed by atoms with Crippen LogP contribution in [0.2, 0.25) is 0 Å². The minimum Gasteiger partial charge on any atom is -0.385 e. The van der Waals surface area contributed by atoms with Crippen molar-refractivity contribution in [3.63, 3.8) is 0 Å². The van der Waals surface area contributed by atoms with Gasteiger partial charge in [0.2, 0.25) is 5.91 Å². The minimum atomic E-state index is -0.847. The molecule has 2 amide bonds. The number of hydrogen-bond acceptors (Lipinski definition) is 7. The van der Waals surface area contributed by atoms with Crippen molar-refractivity contribution < 1.29 is 14.0 Å². The van der Waals surface area contributed by atoms with Crippen molar-refractivity contribution in [1.29, 1.82) is 0 Å². The van der Waals surface area contributed by atoms with E-state index in [9.17, 15) is 14.0 Å². The first-order chi connectivity index (χ1) is 14.9. The Morgan fingerprint density at radius 3 is 2.68 bits per heavy atom. The molecule has 0 radical (unpaired) electrons. The fourth-order valence-corrected chi connectivity index (χ4v) is 2.85. The van der Waals surface area contributed by atoms with Crippen LogP contribution in [0.5, 0.6) is 0 Å². The Hall–Kier alpha value is -3.41. The Morgan fingerprint density at radius 2 is 2.03 bits per heavy atom. The van der Waals surface area contributed by atoms with Gasteiger partial charge >= 0.3 is 0 Å². The average molecular weight is 433 g/mol. The largest absolute Gasteiger partial charge is 0.385 e. The number of nitrogens with zero attached hydrogens (tertiary/aromatic N) is 5. The van der Waals surface area contributed by atoms with Gasteiger partial charge in [-0.15, -0.1) is 5.10 Å². The Morgan fingerprint density at radius 1 is 1.29 bits per heavy atom. The van der Waals surface area contributed by atoms with Gasteiger partial charge in [-0.05, 0) is 36.5 Å². The number of nitrogens with one attached hydrogen (secondary N) is 2. The molecule has 6 N–H and O–H groups in total. The summed E-state index contributed by atoms with van der Waals surface area (Å²) in [6.45, 7) is -0.467. The lowest BCUT2D eigenvalue weighted by Crippen LogP contribution is -2.52. The predicted molar refractivity (Wildman–Crippen MR) is 114 cm³/mol. The second-order valence-electron chi connectivity index (χ2n) is 6.97. The number of H-pyrrole nitrogens is 1. The predicted octanol–water partition coefficient (Wildman–Crippen LogP) is -0.286.